The second kappa shape index (κ2) is 9.82. The van der Waals surface area contributed by atoms with Crippen molar-refractivity contribution in [2.24, 2.45) is 0 Å². The molecule has 182 valence electrons. The van der Waals surface area contributed by atoms with Crippen molar-refractivity contribution in [2.75, 3.05) is 19.7 Å². The van der Waals surface area contributed by atoms with E-state index in [9.17, 15) is 14.0 Å². The van der Waals surface area contributed by atoms with Crippen molar-refractivity contribution >= 4 is 23.2 Å². The summed E-state index contributed by atoms with van der Waals surface area (Å²) in [7, 11) is 0. The molecule has 0 spiro atoms. The third kappa shape index (κ3) is 4.96. The van der Waals surface area contributed by atoms with Crippen LogP contribution in [0.1, 0.15) is 50.8 Å². The Labute approximate surface area is 209 Å². The lowest BCUT2D eigenvalue weighted by Gasteiger charge is -2.37. The van der Waals surface area contributed by atoms with Gasteiger partial charge < -0.3 is 14.5 Å². The molecule has 35 heavy (non-hydrogen) atoms. The van der Waals surface area contributed by atoms with E-state index in [4.69, 9.17) is 4.74 Å². The molecule has 5 nitrogen and oxygen atoms in total. The average Bonchev–Trinajstić information content (AvgIpc) is 3.57. The summed E-state index contributed by atoms with van der Waals surface area (Å²) < 4.78 is 20.5. The molecule has 1 aliphatic heterocycles. The van der Waals surface area contributed by atoms with Crippen molar-refractivity contribution in [1.82, 2.24) is 9.80 Å². The molecule has 2 heterocycles. The first-order chi connectivity index (χ1) is 16.9. The number of rotatable bonds is 7. The SMILES string of the molecule is Cc1ccc(OCC2c3ccsc3CCN2C(=O)CN(C(=O)c2ccccc2F)C2CC2)c(C)c1. The van der Waals surface area contributed by atoms with Crippen LogP contribution in [0.4, 0.5) is 4.39 Å². The number of thiophene rings is 1. The number of amides is 2. The maximum absolute atomic E-state index is 14.3. The first-order valence-electron chi connectivity index (χ1n) is 12.0. The Kier molecular flexibility index (Phi) is 6.60. The summed E-state index contributed by atoms with van der Waals surface area (Å²) in [5.74, 6) is -0.307. The van der Waals surface area contributed by atoms with Gasteiger partial charge in [0.2, 0.25) is 5.91 Å². The second-order valence-electron chi connectivity index (χ2n) is 9.38. The van der Waals surface area contributed by atoms with E-state index >= 15 is 0 Å². The van der Waals surface area contributed by atoms with Gasteiger partial charge in [-0.2, -0.15) is 0 Å². The van der Waals surface area contributed by atoms with Gasteiger partial charge in [0.05, 0.1) is 11.6 Å². The molecule has 1 aliphatic carbocycles. The Balaban J connectivity index is 1.36. The Hall–Kier alpha value is -3.19. The zero-order valence-corrected chi connectivity index (χ0v) is 20.8. The molecule has 0 bridgehead atoms. The van der Waals surface area contributed by atoms with Crippen molar-refractivity contribution in [3.05, 3.63) is 86.9 Å². The van der Waals surface area contributed by atoms with E-state index in [1.807, 2.05) is 30.9 Å². The number of carbonyl (C=O) groups excluding carboxylic acids is 2. The van der Waals surface area contributed by atoms with Gasteiger partial charge in [0.15, 0.2) is 0 Å². The summed E-state index contributed by atoms with van der Waals surface area (Å²) in [5.41, 5.74) is 3.35. The summed E-state index contributed by atoms with van der Waals surface area (Å²) in [6, 6.07) is 13.9. The van der Waals surface area contributed by atoms with Crippen LogP contribution in [0.5, 0.6) is 5.75 Å². The van der Waals surface area contributed by atoms with E-state index in [2.05, 4.69) is 17.5 Å². The fourth-order valence-corrected chi connectivity index (χ4v) is 5.71. The van der Waals surface area contributed by atoms with Gasteiger partial charge in [0.25, 0.3) is 5.91 Å². The van der Waals surface area contributed by atoms with Crippen LogP contribution in [-0.4, -0.2) is 47.4 Å². The number of aryl methyl sites for hydroxylation is 2. The fraction of sp³-hybridized carbons (Fsp3) is 0.357. The van der Waals surface area contributed by atoms with Crippen molar-refractivity contribution < 1.29 is 18.7 Å². The molecule has 2 amide bonds. The lowest BCUT2D eigenvalue weighted by atomic mass is 10.00. The van der Waals surface area contributed by atoms with Crippen molar-refractivity contribution in [2.45, 2.75) is 45.2 Å². The van der Waals surface area contributed by atoms with Gasteiger partial charge in [-0.1, -0.05) is 29.8 Å². The summed E-state index contributed by atoms with van der Waals surface area (Å²) in [6.45, 7) is 4.91. The molecule has 0 saturated heterocycles. The smallest absolute Gasteiger partial charge is 0.257 e. The van der Waals surface area contributed by atoms with Gasteiger partial charge in [-0.15, -0.1) is 11.3 Å². The molecule has 0 N–H and O–H groups in total. The minimum atomic E-state index is -0.559. The molecule has 1 aromatic heterocycles. The van der Waals surface area contributed by atoms with Gasteiger partial charge in [-0.25, -0.2) is 4.39 Å². The van der Waals surface area contributed by atoms with Crippen molar-refractivity contribution in [3.63, 3.8) is 0 Å². The summed E-state index contributed by atoms with van der Waals surface area (Å²) in [4.78, 5) is 31.4. The highest BCUT2D eigenvalue weighted by Gasteiger charge is 2.38. The van der Waals surface area contributed by atoms with Gasteiger partial charge in [-0.3, -0.25) is 9.59 Å². The Morgan fingerprint density at radius 2 is 1.94 bits per heavy atom. The lowest BCUT2D eigenvalue weighted by Crippen LogP contribution is -2.48. The molecule has 1 saturated carbocycles. The van der Waals surface area contributed by atoms with Crippen LogP contribution in [0.3, 0.4) is 0 Å². The number of nitrogens with zero attached hydrogens (tertiary/aromatic N) is 2. The van der Waals surface area contributed by atoms with Gasteiger partial charge in [0.1, 0.15) is 24.7 Å². The van der Waals surface area contributed by atoms with Crippen LogP contribution < -0.4 is 4.74 Å². The van der Waals surface area contributed by atoms with E-state index in [0.29, 0.717) is 13.2 Å². The van der Waals surface area contributed by atoms with E-state index in [-0.39, 0.29) is 30.1 Å². The summed E-state index contributed by atoms with van der Waals surface area (Å²) in [6.07, 6.45) is 2.45. The lowest BCUT2D eigenvalue weighted by molar-refractivity contribution is -0.135. The number of halogens is 1. The predicted molar refractivity (Wildman–Crippen MR) is 134 cm³/mol. The largest absolute Gasteiger partial charge is 0.491 e. The van der Waals surface area contributed by atoms with Gasteiger partial charge in [-0.05, 0) is 73.9 Å². The van der Waals surface area contributed by atoms with E-state index < -0.39 is 11.7 Å². The average molecular weight is 493 g/mol. The van der Waals surface area contributed by atoms with Crippen LogP contribution in [0.15, 0.2) is 53.9 Å². The molecule has 1 unspecified atom stereocenters. The Morgan fingerprint density at radius 3 is 2.69 bits per heavy atom. The summed E-state index contributed by atoms with van der Waals surface area (Å²) >= 11 is 1.70. The molecular formula is C28H29FN2O3S. The number of carbonyl (C=O) groups is 2. The molecule has 2 aromatic carbocycles. The topological polar surface area (TPSA) is 49.9 Å². The highest BCUT2D eigenvalue weighted by Crippen LogP contribution is 2.35. The highest BCUT2D eigenvalue weighted by molar-refractivity contribution is 7.10. The second-order valence-corrected chi connectivity index (χ2v) is 10.4. The third-order valence-corrected chi connectivity index (χ3v) is 7.80. The monoisotopic (exact) mass is 492 g/mol. The minimum absolute atomic E-state index is 0.0145. The van der Waals surface area contributed by atoms with Gasteiger partial charge >= 0.3 is 0 Å². The quantitative estimate of drug-likeness (QED) is 0.449. The Bertz CT molecular complexity index is 1250. The molecule has 3 aromatic rings. The zero-order valence-electron chi connectivity index (χ0n) is 20.0. The maximum atomic E-state index is 14.3. The minimum Gasteiger partial charge on any atom is -0.491 e. The third-order valence-electron chi connectivity index (χ3n) is 6.80. The van der Waals surface area contributed by atoms with Crippen LogP contribution in [0.25, 0.3) is 0 Å². The van der Waals surface area contributed by atoms with Gasteiger partial charge in [0, 0.05) is 17.5 Å². The highest BCUT2D eigenvalue weighted by atomic mass is 32.1. The van der Waals surface area contributed by atoms with E-state index in [0.717, 1.165) is 36.1 Å². The van der Waals surface area contributed by atoms with Crippen LogP contribution in [0, 0.1) is 19.7 Å². The maximum Gasteiger partial charge on any atom is 0.257 e. The molecule has 0 radical (unpaired) electrons. The number of ether oxygens (including phenoxy) is 1. The summed E-state index contributed by atoms with van der Waals surface area (Å²) in [5, 5.41) is 2.06. The molecule has 1 atom stereocenters. The Morgan fingerprint density at radius 1 is 1.14 bits per heavy atom. The zero-order chi connectivity index (χ0) is 24.5. The number of hydrogen-bond donors (Lipinski definition) is 0. The number of hydrogen-bond acceptors (Lipinski definition) is 4. The van der Waals surface area contributed by atoms with Crippen LogP contribution >= 0.6 is 11.3 Å². The first kappa shape index (κ1) is 23.5. The standard InChI is InChI=1S/C28H29FN2O3S/c1-18-7-10-25(19(2)15-18)34-17-24-22-12-14-35-26(22)11-13-30(24)27(32)16-31(20-8-9-20)28(33)21-5-3-4-6-23(21)29/h3-7,10,12,14-15,20,24H,8-9,11,13,16-17H2,1-2H3. The number of fused-ring (bicyclic) bond motifs is 1. The number of benzene rings is 2. The normalized spacial score (nSPS) is 17.1. The van der Waals surface area contributed by atoms with E-state index in [1.165, 1.54) is 22.6 Å². The first-order valence-corrected chi connectivity index (χ1v) is 12.9. The fourth-order valence-electron chi connectivity index (χ4n) is 4.78. The molecule has 1 fully saturated rings. The van der Waals surface area contributed by atoms with Crippen LogP contribution in [0.2, 0.25) is 0 Å². The van der Waals surface area contributed by atoms with Crippen molar-refractivity contribution in [3.8, 4) is 5.75 Å². The van der Waals surface area contributed by atoms with Crippen molar-refractivity contribution in [1.29, 1.82) is 0 Å². The molecular weight excluding hydrogens is 463 g/mol. The van der Waals surface area contributed by atoms with Crippen LogP contribution in [-0.2, 0) is 11.2 Å². The molecule has 7 heteroatoms. The molecule has 2 aliphatic rings. The molecule has 5 rings (SSSR count). The van der Waals surface area contributed by atoms with E-state index in [1.54, 1.807) is 28.4 Å². The predicted octanol–water partition coefficient (Wildman–Crippen LogP) is 5.31.